The van der Waals surface area contributed by atoms with E-state index in [-0.39, 0.29) is 0 Å². The summed E-state index contributed by atoms with van der Waals surface area (Å²) in [5, 5.41) is 8.51. The molecule has 0 amide bonds. The molecule has 1 atom stereocenters. The van der Waals surface area contributed by atoms with Crippen LogP contribution in [0.15, 0.2) is 10.2 Å². The van der Waals surface area contributed by atoms with Gasteiger partial charge in [0.1, 0.15) is 0 Å². The number of unbranched alkanes of at least 4 members (excludes halogenated alkanes) is 6. The molecule has 1 heterocycles. The Morgan fingerprint density at radius 2 is 1.50 bits per heavy atom. The van der Waals surface area contributed by atoms with E-state index < -0.39 is 17.6 Å². The standard InChI is InChI=1S/C17H32N2O3/c1-5-7-9-11-13-17(14-12-10-8-6-2)19-18-16(4,22-17)21-15(3)20/h5-14H2,1-4H3. The maximum Gasteiger partial charge on any atom is 0.331 e. The van der Waals surface area contributed by atoms with Crippen LogP contribution < -0.4 is 0 Å². The van der Waals surface area contributed by atoms with Crippen LogP contribution >= 0.6 is 0 Å². The van der Waals surface area contributed by atoms with Gasteiger partial charge in [0.25, 0.3) is 0 Å². The van der Waals surface area contributed by atoms with Crippen molar-refractivity contribution in [1.29, 1.82) is 0 Å². The highest BCUT2D eigenvalue weighted by atomic mass is 16.8. The summed E-state index contributed by atoms with van der Waals surface area (Å²) in [5.74, 6) is -1.64. The molecule has 0 radical (unpaired) electrons. The van der Waals surface area contributed by atoms with E-state index >= 15 is 0 Å². The van der Waals surface area contributed by atoms with Gasteiger partial charge in [0.2, 0.25) is 0 Å². The number of carbonyl (C=O) groups is 1. The zero-order valence-corrected chi connectivity index (χ0v) is 14.7. The Labute approximate surface area is 134 Å². The fourth-order valence-electron chi connectivity index (χ4n) is 2.87. The first-order chi connectivity index (χ1) is 10.5. The smallest absolute Gasteiger partial charge is 0.331 e. The molecule has 0 aliphatic carbocycles. The van der Waals surface area contributed by atoms with Gasteiger partial charge in [-0.3, -0.25) is 9.53 Å². The molecule has 1 unspecified atom stereocenters. The molecule has 0 aromatic rings. The predicted molar refractivity (Wildman–Crippen MR) is 86.4 cm³/mol. The Hall–Kier alpha value is -0.970. The summed E-state index contributed by atoms with van der Waals surface area (Å²) in [7, 11) is 0. The maximum atomic E-state index is 11.2. The van der Waals surface area contributed by atoms with Crippen LogP contribution in [0, 0.1) is 0 Å². The molecule has 5 nitrogen and oxygen atoms in total. The van der Waals surface area contributed by atoms with Crippen LogP contribution in [0.3, 0.4) is 0 Å². The molecule has 1 aliphatic rings. The Kier molecular flexibility index (Phi) is 8.01. The molecule has 128 valence electrons. The second kappa shape index (κ2) is 9.23. The monoisotopic (exact) mass is 312 g/mol. The minimum absolute atomic E-state index is 0.394. The van der Waals surface area contributed by atoms with Crippen LogP contribution in [0.4, 0.5) is 0 Å². The Bertz CT molecular complexity index is 359. The SMILES string of the molecule is CCCCCCC1(CCCCCC)N=NC(C)(OC(C)=O)O1. The third-order valence-electron chi connectivity index (χ3n) is 3.97. The van der Waals surface area contributed by atoms with E-state index in [0.717, 1.165) is 25.7 Å². The van der Waals surface area contributed by atoms with Crippen molar-refractivity contribution in [3.05, 3.63) is 0 Å². The van der Waals surface area contributed by atoms with Gasteiger partial charge in [-0.1, -0.05) is 52.4 Å². The molecule has 0 saturated carbocycles. The molecule has 1 aliphatic heterocycles. The number of hydrogen-bond acceptors (Lipinski definition) is 5. The van der Waals surface area contributed by atoms with Crippen LogP contribution in [-0.2, 0) is 14.3 Å². The minimum Gasteiger partial charge on any atom is -0.411 e. The summed E-state index contributed by atoms with van der Waals surface area (Å²) in [6.45, 7) is 7.43. The first-order valence-corrected chi connectivity index (χ1v) is 8.79. The molecular formula is C17H32N2O3. The van der Waals surface area contributed by atoms with Gasteiger partial charge < -0.3 is 4.74 Å². The molecule has 0 spiro atoms. The first kappa shape index (κ1) is 19.1. The Balaban J connectivity index is 2.59. The number of nitrogens with zero attached hydrogens (tertiary/aromatic N) is 2. The van der Waals surface area contributed by atoms with Gasteiger partial charge in [-0.2, -0.15) is 5.11 Å². The number of rotatable bonds is 11. The third kappa shape index (κ3) is 6.42. The van der Waals surface area contributed by atoms with Crippen LogP contribution in [0.2, 0.25) is 0 Å². The molecule has 5 heteroatoms. The summed E-state index contributed by atoms with van der Waals surface area (Å²) in [5.41, 5.74) is -0.605. The van der Waals surface area contributed by atoms with Crippen LogP contribution in [-0.4, -0.2) is 17.6 Å². The highest BCUT2D eigenvalue weighted by Gasteiger charge is 2.47. The topological polar surface area (TPSA) is 60.2 Å². The molecule has 0 N–H and O–H groups in total. The van der Waals surface area contributed by atoms with Crippen molar-refractivity contribution in [2.45, 2.75) is 104 Å². The minimum atomic E-state index is -1.25. The summed E-state index contributed by atoms with van der Waals surface area (Å²) >= 11 is 0. The van der Waals surface area contributed by atoms with Gasteiger partial charge in [-0.25, -0.2) is 0 Å². The lowest BCUT2D eigenvalue weighted by Crippen LogP contribution is -2.37. The number of hydrogen-bond donors (Lipinski definition) is 0. The summed E-state index contributed by atoms with van der Waals surface area (Å²) < 4.78 is 11.2. The second-order valence-corrected chi connectivity index (χ2v) is 6.36. The van der Waals surface area contributed by atoms with Crippen LogP contribution in [0.25, 0.3) is 0 Å². The van der Waals surface area contributed by atoms with Crippen molar-refractivity contribution in [3.8, 4) is 0 Å². The van der Waals surface area contributed by atoms with E-state index in [1.165, 1.54) is 45.4 Å². The summed E-state index contributed by atoms with van der Waals surface area (Å²) in [6, 6.07) is 0. The van der Waals surface area contributed by atoms with Crippen molar-refractivity contribution in [3.63, 3.8) is 0 Å². The van der Waals surface area contributed by atoms with Crippen molar-refractivity contribution in [1.82, 2.24) is 0 Å². The quantitative estimate of drug-likeness (QED) is 0.382. The fraction of sp³-hybridized carbons (Fsp3) is 0.941. The lowest BCUT2D eigenvalue weighted by atomic mass is 9.98. The highest BCUT2D eigenvalue weighted by molar-refractivity contribution is 5.66. The molecular weight excluding hydrogens is 280 g/mol. The molecule has 1 rings (SSSR count). The summed E-state index contributed by atoms with van der Waals surface area (Å²) in [6.07, 6.45) is 11.0. The number of carbonyl (C=O) groups excluding carboxylic acids is 1. The molecule has 0 aromatic heterocycles. The number of ether oxygens (including phenoxy) is 2. The van der Waals surface area contributed by atoms with E-state index in [1.807, 2.05) is 0 Å². The summed E-state index contributed by atoms with van der Waals surface area (Å²) in [4.78, 5) is 11.2. The van der Waals surface area contributed by atoms with Gasteiger partial charge in [0.15, 0.2) is 5.72 Å². The van der Waals surface area contributed by atoms with E-state index in [0.29, 0.717) is 0 Å². The van der Waals surface area contributed by atoms with Crippen molar-refractivity contribution in [2.24, 2.45) is 10.2 Å². The van der Waals surface area contributed by atoms with Crippen LogP contribution in [0.5, 0.6) is 0 Å². The lowest BCUT2D eigenvalue weighted by Gasteiger charge is -2.29. The maximum absolute atomic E-state index is 11.2. The Morgan fingerprint density at radius 3 is 1.95 bits per heavy atom. The zero-order chi connectivity index (χ0) is 16.5. The average molecular weight is 312 g/mol. The van der Waals surface area contributed by atoms with Gasteiger partial charge in [0, 0.05) is 13.8 Å². The Morgan fingerprint density at radius 1 is 0.955 bits per heavy atom. The lowest BCUT2D eigenvalue weighted by molar-refractivity contribution is -0.243. The van der Waals surface area contributed by atoms with E-state index in [9.17, 15) is 4.79 Å². The normalized spacial score (nSPS) is 22.9. The van der Waals surface area contributed by atoms with Crippen molar-refractivity contribution < 1.29 is 14.3 Å². The fourth-order valence-corrected chi connectivity index (χ4v) is 2.87. The van der Waals surface area contributed by atoms with Gasteiger partial charge in [-0.15, -0.1) is 5.11 Å². The van der Waals surface area contributed by atoms with E-state index in [2.05, 4.69) is 24.1 Å². The molecule has 22 heavy (non-hydrogen) atoms. The predicted octanol–water partition coefficient (Wildman–Crippen LogP) is 5.34. The van der Waals surface area contributed by atoms with Gasteiger partial charge in [-0.05, 0) is 25.7 Å². The largest absolute Gasteiger partial charge is 0.411 e. The van der Waals surface area contributed by atoms with Crippen molar-refractivity contribution >= 4 is 5.97 Å². The highest BCUT2D eigenvalue weighted by Crippen LogP contribution is 2.40. The number of esters is 1. The second-order valence-electron chi connectivity index (χ2n) is 6.36. The molecule has 0 bridgehead atoms. The number of azo groups is 1. The third-order valence-corrected chi connectivity index (χ3v) is 3.97. The average Bonchev–Trinajstić information content (AvgIpc) is 2.77. The van der Waals surface area contributed by atoms with E-state index in [1.54, 1.807) is 6.92 Å². The van der Waals surface area contributed by atoms with Gasteiger partial charge >= 0.3 is 11.9 Å². The first-order valence-electron chi connectivity index (χ1n) is 8.79. The molecule has 0 saturated heterocycles. The van der Waals surface area contributed by atoms with E-state index in [4.69, 9.17) is 9.47 Å². The zero-order valence-electron chi connectivity index (χ0n) is 14.7. The molecule has 0 aromatic carbocycles. The molecule has 0 fully saturated rings. The van der Waals surface area contributed by atoms with Crippen LogP contribution in [0.1, 0.15) is 91.9 Å². The van der Waals surface area contributed by atoms with Crippen molar-refractivity contribution in [2.75, 3.05) is 0 Å². The van der Waals surface area contributed by atoms with Gasteiger partial charge in [0.05, 0.1) is 0 Å².